The number of quaternary nitrogens is 1. The fourth-order valence-electron chi connectivity index (χ4n) is 7.36. The fraction of sp³-hybridized carbons (Fsp3) is 0.860. The van der Waals surface area contributed by atoms with Crippen LogP contribution in [0.15, 0.2) is 12.2 Å². The molecular formula is C43H81N4O10PS. The van der Waals surface area contributed by atoms with Crippen molar-refractivity contribution in [3.63, 3.8) is 0 Å². The molecule has 59 heavy (non-hydrogen) atoms. The molecule has 2 rings (SSSR count). The zero-order chi connectivity index (χ0) is 42.1. The van der Waals surface area contributed by atoms with Gasteiger partial charge >= 0.3 is 18.0 Å². The van der Waals surface area contributed by atoms with Gasteiger partial charge in [0.05, 0.1) is 18.7 Å². The van der Waals surface area contributed by atoms with Gasteiger partial charge in [0.1, 0.15) is 6.61 Å². The third-order valence-corrected chi connectivity index (χ3v) is 12.7. The molecule has 0 aliphatic carbocycles. The Balaban J connectivity index is 0.0000174. The van der Waals surface area contributed by atoms with E-state index >= 15 is 0 Å². The second-order valence-corrected chi connectivity index (χ2v) is 18.5. The van der Waals surface area contributed by atoms with Crippen LogP contribution < -0.4 is 27.0 Å². The van der Waals surface area contributed by atoms with Gasteiger partial charge in [0, 0.05) is 36.8 Å². The Morgan fingerprint density at radius 3 is 1.93 bits per heavy atom. The maximum absolute atomic E-state index is 12.4. The zero-order valence-corrected chi connectivity index (χ0v) is 38.3. The lowest BCUT2D eigenvalue weighted by Crippen LogP contribution is -2.36. The van der Waals surface area contributed by atoms with Crippen LogP contribution in [0.3, 0.4) is 0 Å². The summed E-state index contributed by atoms with van der Waals surface area (Å²) in [6, 6.07) is 0.399. The summed E-state index contributed by atoms with van der Waals surface area (Å²) < 4.78 is 26.1. The molecule has 1 unspecified atom stereocenters. The molecular weight excluding hydrogens is 796 g/mol. The number of hydrogen-bond acceptors (Lipinski definition) is 10. The van der Waals surface area contributed by atoms with Crippen LogP contribution in [0.5, 0.6) is 0 Å². The standard InChI is InChI=1S/C43H78N3O10PS.H3N/c1-2-3-4-5-6-7-8-9-10-11-12-14-17-20-23-30-40(48)54-33-36(34-55-57(51,52)53)56-41(49)31-24-21-18-15-13-16-19-22-27-32-44-39(47)29-26-25-28-38-42-37(35-58-38)45-43(50)46-42;/h9-10,36-38,42H,2-8,11-35H2,1H3,(H,44,47)(H2,45,46,50)(H2,51,52,53);1H3/b10-9-;/t36-,37+,38+,42+;/m1./s1. The highest BCUT2D eigenvalue weighted by Gasteiger charge is 2.42. The first-order chi connectivity index (χ1) is 28.1. The highest BCUT2D eigenvalue weighted by Crippen LogP contribution is 2.33. The fourth-order valence-corrected chi connectivity index (χ4v) is 9.26. The molecule has 0 saturated carbocycles. The molecule has 0 spiro atoms. The number of rotatable bonds is 38. The average Bonchev–Trinajstić information content (AvgIpc) is 3.74. The molecule has 2 saturated heterocycles. The number of esters is 2. The molecule has 0 bridgehead atoms. The van der Waals surface area contributed by atoms with Crippen LogP contribution >= 0.6 is 19.6 Å². The Kier molecular flexibility index (Phi) is 32.9. The van der Waals surface area contributed by atoms with Crippen LogP contribution in [0.4, 0.5) is 4.79 Å². The van der Waals surface area contributed by atoms with Gasteiger partial charge < -0.3 is 45.9 Å². The summed E-state index contributed by atoms with van der Waals surface area (Å²) in [5.41, 5.74) is 0. The summed E-state index contributed by atoms with van der Waals surface area (Å²) >= 11 is 1.91. The molecule has 5 atom stereocenters. The molecule has 0 radical (unpaired) electrons. The molecule has 16 heteroatoms. The van der Waals surface area contributed by atoms with E-state index in [-0.39, 0.29) is 49.6 Å². The second-order valence-electron chi connectivity index (χ2n) is 16.0. The summed E-state index contributed by atoms with van der Waals surface area (Å²) in [5.74, 6) is 0.0857. The first-order valence-corrected chi connectivity index (χ1v) is 25.3. The maximum atomic E-state index is 12.4. The van der Waals surface area contributed by atoms with Crippen molar-refractivity contribution in [1.82, 2.24) is 22.1 Å². The van der Waals surface area contributed by atoms with Gasteiger partial charge in [0.25, 0.3) is 7.82 Å². The number of nitrogens with one attached hydrogen (secondary N) is 3. The van der Waals surface area contributed by atoms with E-state index in [1.54, 1.807) is 0 Å². The Labute approximate surface area is 359 Å². The highest BCUT2D eigenvalue weighted by atomic mass is 32.2. The van der Waals surface area contributed by atoms with Gasteiger partial charge in [-0.15, -0.1) is 0 Å². The molecule has 2 heterocycles. The van der Waals surface area contributed by atoms with Crippen molar-refractivity contribution in [3.05, 3.63) is 12.2 Å². The summed E-state index contributed by atoms with van der Waals surface area (Å²) in [4.78, 5) is 68.5. The van der Waals surface area contributed by atoms with E-state index < -0.39 is 32.5 Å². The number of unbranched alkanes of at least 4 members (excludes halogenated alkanes) is 20. The second kappa shape index (κ2) is 35.4. The van der Waals surface area contributed by atoms with Crippen molar-refractivity contribution in [3.8, 4) is 0 Å². The topological polar surface area (TPSA) is 229 Å². The van der Waals surface area contributed by atoms with Gasteiger partial charge in [-0.3, -0.25) is 18.9 Å². The van der Waals surface area contributed by atoms with Crippen molar-refractivity contribution in [2.75, 3.05) is 25.5 Å². The van der Waals surface area contributed by atoms with Crippen molar-refractivity contribution >= 4 is 43.5 Å². The number of allylic oxidation sites excluding steroid dienone is 2. The van der Waals surface area contributed by atoms with Crippen LogP contribution in [-0.2, 0) is 32.9 Å². The van der Waals surface area contributed by atoms with Crippen LogP contribution in [0.1, 0.15) is 187 Å². The number of carbonyl (C=O) groups is 4. The SMILES string of the molecule is CCCCCCCC/C=C\CCCCCCCC(=O)OC[C@H](COP(=O)([O-])O)OC(=O)CCCCCCCCCCCNC(=O)CCCC[C@@H]1SC[C@@H]2NC(=O)N[C@@H]21.[NH4+]. The number of carbonyl (C=O) groups excluding carboxylic acids is 4. The Bertz CT molecular complexity index is 1210. The van der Waals surface area contributed by atoms with Crippen LogP contribution in [0.2, 0.25) is 0 Å². The van der Waals surface area contributed by atoms with Crippen molar-refractivity contribution in [2.45, 2.75) is 210 Å². The Morgan fingerprint density at radius 2 is 1.32 bits per heavy atom. The molecule has 3 amide bonds. The zero-order valence-electron chi connectivity index (χ0n) is 36.6. The van der Waals surface area contributed by atoms with Crippen LogP contribution in [0, 0.1) is 0 Å². The Morgan fingerprint density at radius 1 is 0.780 bits per heavy atom. The van der Waals surface area contributed by atoms with Crippen molar-refractivity contribution < 1.29 is 47.5 Å². The number of fused-ring (bicyclic) bond motifs is 1. The van der Waals surface area contributed by atoms with Crippen molar-refractivity contribution in [2.24, 2.45) is 0 Å². The number of amides is 3. The number of phosphoric acid groups is 1. The molecule has 2 aliphatic rings. The van der Waals surface area contributed by atoms with E-state index in [0.717, 1.165) is 115 Å². The van der Waals surface area contributed by atoms with Gasteiger partial charge in [-0.2, -0.15) is 11.8 Å². The first kappa shape index (κ1) is 54.9. The van der Waals surface area contributed by atoms with Crippen LogP contribution in [0.25, 0.3) is 0 Å². The summed E-state index contributed by atoms with van der Waals surface area (Å²) in [7, 11) is -5.03. The van der Waals surface area contributed by atoms with E-state index in [2.05, 4.69) is 39.5 Å². The lowest BCUT2D eigenvalue weighted by Gasteiger charge is -2.21. The van der Waals surface area contributed by atoms with Gasteiger partial charge in [-0.25, -0.2) is 4.79 Å². The summed E-state index contributed by atoms with van der Waals surface area (Å²) in [6.07, 6.45) is 31.2. The predicted octanol–water partition coefficient (Wildman–Crippen LogP) is 9.08. The number of thioether (sulfide) groups is 1. The minimum Gasteiger partial charge on any atom is -0.756 e. The summed E-state index contributed by atoms with van der Waals surface area (Å²) in [5, 5.41) is 9.44. The number of hydrogen-bond donors (Lipinski definition) is 5. The molecule has 2 aliphatic heterocycles. The van der Waals surface area contributed by atoms with Gasteiger partial charge in [-0.1, -0.05) is 122 Å². The van der Waals surface area contributed by atoms with E-state index in [1.807, 2.05) is 11.8 Å². The van der Waals surface area contributed by atoms with E-state index in [9.17, 15) is 28.6 Å². The van der Waals surface area contributed by atoms with E-state index in [4.69, 9.17) is 14.4 Å². The Hall–Kier alpha value is -2.16. The van der Waals surface area contributed by atoms with Crippen molar-refractivity contribution in [1.29, 1.82) is 0 Å². The minimum atomic E-state index is -5.03. The maximum Gasteiger partial charge on any atom is 0.315 e. The van der Waals surface area contributed by atoms with E-state index in [1.165, 1.54) is 38.5 Å². The van der Waals surface area contributed by atoms with Gasteiger partial charge in [0.2, 0.25) is 5.91 Å². The summed E-state index contributed by atoms with van der Waals surface area (Å²) in [6.45, 7) is 1.98. The van der Waals surface area contributed by atoms with E-state index in [0.29, 0.717) is 31.1 Å². The minimum absolute atomic E-state index is 0. The molecule has 2 fully saturated rings. The third-order valence-electron chi connectivity index (χ3n) is 10.8. The molecule has 14 nitrogen and oxygen atoms in total. The molecule has 0 aromatic heterocycles. The lowest BCUT2D eigenvalue weighted by molar-refractivity contribution is -0.223. The van der Waals surface area contributed by atoms with Gasteiger partial charge in [-0.05, 0) is 57.8 Å². The number of ether oxygens (including phenoxy) is 2. The monoisotopic (exact) mass is 877 g/mol. The third kappa shape index (κ3) is 30.5. The smallest absolute Gasteiger partial charge is 0.315 e. The highest BCUT2D eigenvalue weighted by molar-refractivity contribution is 8.00. The number of urea groups is 1. The molecule has 0 aromatic rings. The molecule has 344 valence electrons. The molecule has 8 N–H and O–H groups in total. The van der Waals surface area contributed by atoms with Crippen LogP contribution in [-0.4, -0.2) is 77.7 Å². The molecule has 0 aromatic carbocycles. The normalized spacial score (nSPS) is 18.7. The average molecular weight is 877 g/mol. The van der Waals surface area contributed by atoms with Gasteiger partial charge in [0.15, 0.2) is 6.10 Å². The quantitative estimate of drug-likeness (QED) is 0.0129. The largest absolute Gasteiger partial charge is 0.756 e. The lowest BCUT2D eigenvalue weighted by atomic mass is 10.0. The predicted molar refractivity (Wildman–Crippen MR) is 235 cm³/mol. The number of phosphoric ester groups is 1. The first-order valence-electron chi connectivity index (χ1n) is 22.7.